The molecule has 0 atom stereocenters. The SMILES string of the molecule is C[N+](C)(C)CCNC(=O)c1cc(=O)c2c(Cl)cc(Cl)cc2[nH]1. The number of hydrogen-bond donors (Lipinski definition) is 2. The summed E-state index contributed by atoms with van der Waals surface area (Å²) < 4.78 is 0.736. The van der Waals surface area contributed by atoms with Gasteiger partial charge in [-0.1, -0.05) is 23.2 Å². The second-order valence-electron chi connectivity index (χ2n) is 6.13. The van der Waals surface area contributed by atoms with Gasteiger partial charge >= 0.3 is 0 Å². The second kappa shape index (κ2) is 6.28. The number of likely N-dealkylation sites (N-methyl/N-ethyl adjacent to an activating group) is 1. The first-order chi connectivity index (χ1) is 10.2. The van der Waals surface area contributed by atoms with Crippen molar-refractivity contribution in [1.29, 1.82) is 0 Å². The highest BCUT2D eigenvalue weighted by Crippen LogP contribution is 2.24. The van der Waals surface area contributed by atoms with Gasteiger partial charge in [0, 0.05) is 11.1 Å². The number of halogens is 2. The van der Waals surface area contributed by atoms with Gasteiger partial charge in [0.25, 0.3) is 5.91 Å². The number of rotatable bonds is 4. The molecule has 0 aliphatic rings. The Balaban J connectivity index is 2.29. The first-order valence-corrected chi connectivity index (χ1v) is 7.54. The molecule has 0 radical (unpaired) electrons. The van der Waals surface area contributed by atoms with E-state index in [1.807, 2.05) is 21.1 Å². The summed E-state index contributed by atoms with van der Waals surface area (Å²) in [5.41, 5.74) is 0.325. The molecule has 1 heterocycles. The van der Waals surface area contributed by atoms with E-state index in [-0.39, 0.29) is 22.1 Å². The van der Waals surface area contributed by atoms with E-state index in [4.69, 9.17) is 23.2 Å². The van der Waals surface area contributed by atoms with Crippen LogP contribution in [-0.4, -0.2) is 49.6 Å². The summed E-state index contributed by atoms with van der Waals surface area (Å²) in [6, 6.07) is 4.33. The molecule has 0 bridgehead atoms. The topological polar surface area (TPSA) is 62.0 Å². The minimum atomic E-state index is -0.330. The van der Waals surface area contributed by atoms with Crippen molar-refractivity contribution in [2.24, 2.45) is 0 Å². The Labute approximate surface area is 138 Å². The number of aromatic amines is 1. The number of amides is 1. The standard InChI is InChI=1S/C15H17Cl2N3O2/c1-20(2,3)5-4-18-15(22)12-8-13(21)14-10(17)6-9(16)7-11(14)19-12/h6-8H,4-5H2,1-3H3,(H-,18,19,21,22)/p+1. The van der Waals surface area contributed by atoms with Crippen molar-refractivity contribution in [3.8, 4) is 0 Å². The first kappa shape index (κ1) is 16.8. The molecular formula is C15H18Cl2N3O2+. The van der Waals surface area contributed by atoms with Crippen molar-refractivity contribution in [1.82, 2.24) is 10.3 Å². The van der Waals surface area contributed by atoms with E-state index in [1.165, 1.54) is 12.1 Å². The van der Waals surface area contributed by atoms with E-state index >= 15 is 0 Å². The zero-order valence-corrected chi connectivity index (χ0v) is 14.2. The first-order valence-electron chi connectivity index (χ1n) is 6.78. The van der Waals surface area contributed by atoms with Crippen LogP contribution in [0.4, 0.5) is 0 Å². The molecule has 0 fully saturated rings. The zero-order chi connectivity index (χ0) is 16.5. The number of fused-ring (bicyclic) bond motifs is 1. The number of hydrogen-bond acceptors (Lipinski definition) is 2. The summed E-state index contributed by atoms with van der Waals surface area (Å²) in [6.07, 6.45) is 0. The van der Waals surface area contributed by atoms with E-state index in [0.29, 0.717) is 22.5 Å². The lowest BCUT2D eigenvalue weighted by molar-refractivity contribution is -0.869. The van der Waals surface area contributed by atoms with Gasteiger partial charge in [-0.3, -0.25) is 9.59 Å². The second-order valence-corrected chi connectivity index (χ2v) is 6.97. The molecule has 0 aliphatic carbocycles. The third-order valence-electron chi connectivity index (χ3n) is 3.16. The molecule has 1 amide bonds. The van der Waals surface area contributed by atoms with Crippen LogP contribution in [0.1, 0.15) is 10.5 Å². The predicted molar refractivity (Wildman–Crippen MR) is 89.8 cm³/mol. The molecule has 1 aromatic carbocycles. The van der Waals surface area contributed by atoms with Gasteiger partial charge in [0.15, 0.2) is 5.43 Å². The van der Waals surface area contributed by atoms with Gasteiger partial charge in [-0.15, -0.1) is 0 Å². The Morgan fingerprint density at radius 3 is 2.55 bits per heavy atom. The Kier molecular flexibility index (Phi) is 4.80. The average Bonchev–Trinajstić information content (AvgIpc) is 2.35. The van der Waals surface area contributed by atoms with Crippen molar-refractivity contribution in [2.75, 3.05) is 34.2 Å². The maximum Gasteiger partial charge on any atom is 0.268 e. The van der Waals surface area contributed by atoms with Gasteiger partial charge in [0.2, 0.25) is 0 Å². The summed E-state index contributed by atoms with van der Waals surface area (Å²) in [7, 11) is 6.11. The van der Waals surface area contributed by atoms with Crippen LogP contribution in [0.15, 0.2) is 23.0 Å². The molecule has 0 saturated carbocycles. The van der Waals surface area contributed by atoms with Gasteiger partial charge in [-0.05, 0) is 12.1 Å². The largest absolute Gasteiger partial charge is 0.350 e. The van der Waals surface area contributed by atoms with E-state index in [0.717, 1.165) is 11.0 Å². The maximum absolute atomic E-state index is 12.1. The number of aromatic nitrogens is 1. The van der Waals surface area contributed by atoms with Crippen molar-refractivity contribution >= 4 is 40.0 Å². The fourth-order valence-electron chi connectivity index (χ4n) is 2.03. The molecule has 2 aromatic rings. The highest BCUT2D eigenvalue weighted by atomic mass is 35.5. The summed E-state index contributed by atoms with van der Waals surface area (Å²) in [4.78, 5) is 27.2. The molecule has 22 heavy (non-hydrogen) atoms. The highest BCUT2D eigenvalue weighted by molar-refractivity contribution is 6.38. The van der Waals surface area contributed by atoms with Crippen LogP contribution in [0.5, 0.6) is 0 Å². The molecule has 5 nitrogen and oxygen atoms in total. The van der Waals surface area contributed by atoms with E-state index < -0.39 is 0 Å². The molecule has 0 saturated heterocycles. The van der Waals surface area contributed by atoms with E-state index in [9.17, 15) is 9.59 Å². The van der Waals surface area contributed by atoms with Gasteiger partial charge in [-0.25, -0.2) is 0 Å². The smallest absolute Gasteiger partial charge is 0.268 e. The van der Waals surface area contributed by atoms with Crippen LogP contribution in [0.2, 0.25) is 10.0 Å². The van der Waals surface area contributed by atoms with Crippen molar-refractivity contribution < 1.29 is 9.28 Å². The number of nitrogens with one attached hydrogen (secondary N) is 2. The summed E-state index contributed by atoms with van der Waals surface area (Å²) in [5.74, 6) is -0.330. The monoisotopic (exact) mass is 342 g/mol. The lowest BCUT2D eigenvalue weighted by Crippen LogP contribution is -2.42. The molecule has 7 heteroatoms. The lowest BCUT2D eigenvalue weighted by atomic mass is 10.2. The third-order valence-corrected chi connectivity index (χ3v) is 3.68. The van der Waals surface area contributed by atoms with Crippen LogP contribution in [0.3, 0.4) is 0 Å². The van der Waals surface area contributed by atoms with Crippen LogP contribution in [0.25, 0.3) is 10.9 Å². The number of carbonyl (C=O) groups excluding carboxylic acids is 1. The minimum Gasteiger partial charge on any atom is -0.350 e. The van der Waals surface area contributed by atoms with Crippen molar-refractivity contribution in [3.63, 3.8) is 0 Å². The number of H-pyrrole nitrogens is 1. The van der Waals surface area contributed by atoms with Gasteiger partial charge < -0.3 is 14.8 Å². The zero-order valence-electron chi connectivity index (χ0n) is 12.7. The molecule has 2 N–H and O–H groups in total. The fourth-order valence-corrected chi connectivity index (χ4v) is 2.62. The normalized spacial score (nSPS) is 11.7. The molecule has 0 unspecified atom stereocenters. The third kappa shape index (κ3) is 4.00. The quantitative estimate of drug-likeness (QED) is 0.837. The van der Waals surface area contributed by atoms with Crippen LogP contribution in [-0.2, 0) is 0 Å². The minimum absolute atomic E-state index is 0.192. The number of carbonyl (C=O) groups is 1. The average molecular weight is 343 g/mol. The highest BCUT2D eigenvalue weighted by Gasteiger charge is 2.13. The van der Waals surface area contributed by atoms with Crippen LogP contribution < -0.4 is 10.7 Å². The predicted octanol–water partition coefficient (Wildman–Crippen LogP) is 2.27. The van der Waals surface area contributed by atoms with E-state index in [1.54, 1.807) is 6.07 Å². The van der Waals surface area contributed by atoms with Gasteiger partial charge in [-0.2, -0.15) is 0 Å². The van der Waals surface area contributed by atoms with Crippen molar-refractivity contribution in [3.05, 3.63) is 44.2 Å². The molecule has 118 valence electrons. The van der Waals surface area contributed by atoms with E-state index in [2.05, 4.69) is 10.3 Å². The fraction of sp³-hybridized carbons (Fsp3) is 0.333. The molecule has 1 aromatic heterocycles. The molecular weight excluding hydrogens is 325 g/mol. The lowest BCUT2D eigenvalue weighted by Gasteiger charge is -2.23. The van der Waals surface area contributed by atoms with Crippen molar-refractivity contribution in [2.45, 2.75) is 0 Å². The molecule has 0 aliphatic heterocycles. The number of nitrogens with zero attached hydrogens (tertiary/aromatic N) is 1. The maximum atomic E-state index is 12.1. The van der Waals surface area contributed by atoms with Gasteiger partial charge in [0.1, 0.15) is 5.69 Å². The Hall–Kier alpha value is -1.56. The molecule has 2 rings (SSSR count). The van der Waals surface area contributed by atoms with Crippen LogP contribution >= 0.6 is 23.2 Å². The number of pyridine rings is 1. The number of benzene rings is 1. The van der Waals surface area contributed by atoms with Gasteiger partial charge in [0.05, 0.1) is 50.2 Å². The summed E-state index contributed by atoms with van der Waals surface area (Å²) in [6.45, 7) is 1.29. The Bertz CT molecular complexity index is 779. The number of quaternary nitrogens is 1. The Morgan fingerprint density at radius 2 is 1.91 bits per heavy atom. The summed E-state index contributed by atoms with van der Waals surface area (Å²) in [5, 5.41) is 3.78. The Morgan fingerprint density at radius 1 is 1.23 bits per heavy atom. The molecule has 0 spiro atoms. The summed E-state index contributed by atoms with van der Waals surface area (Å²) >= 11 is 12.0. The van der Waals surface area contributed by atoms with Crippen LogP contribution in [0, 0.1) is 0 Å².